The summed E-state index contributed by atoms with van der Waals surface area (Å²) in [6.45, 7) is 7.25. The van der Waals surface area contributed by atoms with Crippen LogP contribution in [-0.2, 0) is 6.42 Å². The maximum absolute atomic E-state index is 13.1. The van der Waals surface area contributed by atoms with Crippen LogP contribution in [0.15, 0.2) is 18.2 Å². The first-order chi connectivity index (χ1) is 7.17. The van der Waals surface area contributed by atoms with Crippen LogP contribution in [0.1, 0.15) is 31.4 Å². The maximum atomic E-state index is 13.1. The lowest BCUT2D eigenvalue weighted by atomic mass is 9.99. The van der Waals surface area contributed by atoms with Crippen LogP contribution in [0, 0.1) is 12.7 Å². The van der Waals surface area contributed by atoms with E-state index in [4.69, 9.17) is 0 Å². The molecule has 0 spiro atoms. The highest BCUT2D eigenvalue weighted by atomic mass is 19.1. The molecule has 0 aliphatic rings. The number of nitrogens with one attached hydrogen (secondary N) is 1. The molecule has 1 N–H and O–H groups in total. The third kappa shape index (κ3) is 3.63. The molecule has 0 heterocycles. The molecule has 0 fully saturated rings. The first-order valence-electron chi connectivity index (χ1n) is 5.65. The van der Waals surface area contributed by atoms with Gasteiger partial charge in [-0.25, -0.2) is 4.39 Å². The zero-order valence-corrected chi connectivity index (χ0v) is 9.81. The summed E-state index contributed by atoms with van der Waals surface area (Å²) in [5.41, 5.74) is 2.29. The summed E-state index contributed by atoms with van der Waals surface area (Å²) < 4.78 is 13.1. The Kier molecular flexibility index (Phi) is 4.76. The summed E-state index contributed by atoms with van der Waals surface area (Å²) in [7, 11) is 0. The molecule has 1 aromatic carbocycles. The van der Waals surface area contributed by atoms with Crippen LogP contribution >= 0.6 is 0 Å². The fraction of sp³-hybridized carbons (Fsp3) is 0.538. The van der Waals surface area contributed by atoms with Gasteiger partial charge in [0.15, 0.2) is 0 Å². The SMILES string of the molecule is CCNC(CC)Cc1cc(F)ccc1C. The van der Waals surface area contributed by atoms with E-state index in [0.29, 0.717) is 6.04 Å². The fourth-order valence-corrected chi connectivity index (χ4v) is 1.77. The Morgan fingerprint density at radius 1 is 1.33 bits per heavy atom. The second kappa shape index (κ2) is 5.86. The van der Waals surface area contributed by atoms with Crippen molar-refractivity contribution in [3.05, 3.63) is 35.1 Å². The van der Waals surface area contributed by atoms with Crippen LogP contribution in [0.25, 0.3) is 0 Å². The Hall–Kier alpha value is -0.890. The molecule has 0 saturated carbocycles. The van der Waals surface area contributed by atoms with Gasteiger partial charge in [0.2, 0.25) is 0 Å². The molecule has 15 heavy (non-hydrogen) atoms. The summed E-state index contributed by atoms with van der Waals surface area (Å²) in [5, 5.41) is 3.40. The van der Waals surface area contributed by atoms with Crippen molar-refractivity contribution in [1.82, 2.24) is 5.32 Å². The molecule has 1 atom stereocenters. The number of rotatable bonds is 5. The van der Waals surface area contributed by atoms with E-state index in [9.17, 15) is 4.39 Å². The van der Waals surface area contributed by atoms with Gasteiger partial charge < -0.3 is 5.32 Å². The number of hydrogen-bond donors (Lipinski definition) is 1. The summed E-state index contributed by atoms with van der Waals surface area (Å²) in [6, 6.07) is 5.47. The maximum Gasteiger partial charge on any atom is 0.123 e. The minimum atomic E-state index is -0.137. The number of hydrogen-bond acceptors (Lipinski definition) is 1. The standard InChI is InChI=1S/C13H20FN/c1-4-13(15-5-2)9-11-8-12(14)7-6-10(11)3/h6-8,13,15H,4-5,9H2,1-3H3. The second-order valence-electron chi connectivity index (χ2n) is 3.94. The molecule has 0 aliphatic heterocycles. The molecule has 0 saturated heterocycles. The molecule has 84 valence electrons. The third-order valence-electron chi connectivity index (χ3n) is 2.76. The molecule has 0 aromatic heterocycles. The molecule has 0 bridgehead atoms. The van der Waals surface area contributed by atoms with Crippen molar-refractivity contribution in [1.29, 1.82) is 0 Å². The number of benzene rings is 1. The number of halogens is 1. The van der Waals surface area contributed by atoms with Crippen molar-refractivity contribution < 1.29 is 4.39 Å². The smallest absolute Gasteiger partial charge is 0.123 e. The van der Waals surface area contributed by atoms with Gasteiger partial charge in [0.05, 0.1) is 0 Å². The molecule has 1 aromatic rings. The van der Waals surface area contributed by atoms with Gasteiger partial charge in [0, 0.05) is 6.04 Å². The second-order valence-corrected chi connectivity index (χ2v) is 3.94. The van der Waals surface area contributed by atoms with Crippen LogP contribution in [0.2, 0.25) is 0 Å². The summed E-state index contributed by atoms with van der Waals surface area (Å²) in [4.78, 5) is 0. The van der Waals surface area contributed by atoms with Gasteiger partial charge in [0.25, 0.3) is 0 Å². The van der Waals surface area contributed by atoms with Gasteiger partial charge in [0.1, 0.15) is 5.82 Å². The molecule has 1 nitrogen and oxygen atoms in total. The highest BCUT2D eigenvalue weighted by Gasteiger charge is 2.08. The molecule has 0 radical (unpaired) electrons. The van der Waals surface area contributed by atoms with Crippen LogP contribution in [0.3, 0.4) is 0 Å². The lowest BCUT2D eigenvalue weighted by Gasteiger charge is -2.17. The van der Waals surface area contributed by atoms with E-state index in [2.05, 4.69) is 19.2 Å². The molecule has 0 aliphatic carbocycles. The lowest BCUT2D eigenvalue weighted by Crippen LogP contribution is -2.30. The van der Waals surface area contributed by atoms with Gasteiger partial charge in [-0.2, -0.15) is 0 Å². The number of aryl methyl sites for hydroxylation is 1. The average Bonchev–Trinajstić information content (AvgIpc) is 2.22. The first kappa shape index (κ1) is 12.2. The zero-order valence-electron chi connectivity index (χ0n) is 9.81. The van der Waals surface area contributed by atoms with Gasteiger partial charge in [-0.05, 0) is 49.6 Å². The monoisotopic (exact) mass is 209 g/mol. The summed E-state index contributed by atoms with van der Waals surface area (Å²) in [6.07, 6.45) is 1.98. The Balaban J connectivity index is 2.73. The van der Waals surface area contributed by atoms with E-state index in [1.807, 2.05) is 13.0 Å². The zero-order chi connectivity index (χ0) is 11.3. The van der Waals surface area contributed by atoms with Crippen molar-refractivity contribution in [2.24, 2.45) is 0 Å². The van der Waals surface area contributed by atoms with Crippen molar-refractivity contribution >= 4 is 0 Å². The van der Waals surface area contributed by atoms with Crippen molar-refractivity contribution in [3.63, 3.8) is 0 Å². The highest BCUT2D eigenvalue weighted by Crippen LogP contribution is 2.13. The van der Waals surface area contributed by atoms with Crippen LogP contribution in [-0.4, -0.2) is 12.6 Å². The summed E-state index contributed by atoms with van der Waals surface area (Å²) >= 11 is 0. The molecular formula is C13H20FN. The van der Waals surface area contributed by atoms with Gasteiger partial charge in [-0.15, -0.1) is 0 Å². The molecule has 0 amide bonds. The van der Waals surface area contributed by atoms with E-state index in [0.717, 1.165) is 24.9 Å². The van der Waals surface area contributed by atoms with E-state index >= 15 is 0 Å². The van der Waals surface area contributed by atoms with Gasteiger partial charge in [-0.1, -0.05) is 19.9 Å². The third-order valence-corrected chi connectivity index (χ3v) is 2.76. The van der Waals surface area contributed by atoms with Gasteiger partial charge in [-0.3, -0.25) is 0 Å². The Bertz CT molecular complexity index is 309. The van der Waals surface area contributed by atoms with Gasteiger partial charge >= 0.3 is 0 Å². The summed E-state index contributed by atoms with van der Waals surface area (Å²) in [5.74, 6) is -0.137. The highest BCUT2D eigenvalue weighted by molar-refractivity contribution is 5.27. The van der Waals surface area contributed by atoms with E-state index < -0.39 is 0 Å². The topological polar surface area (TPSA) is 12.0 Å². The van der Waals surface area contributed by atoms with Crippen molar-refractivity contribution in [2.75, 3.05) is 6.54 Å². The largest absolute Gasteiger partial charge is 0.314 e. The van der Waals surface area contributed by atoms with Crippen LogP contribution in [0.4, 0.5) is 4.39 Å². The van der Waals surface area contributed by atoms with Crippen LogP contribution in [0.5, 0.6) is 0 Å². The fourth-order valence-electron chi connectivity index (χ4n) is 1.77. The predicted octanol–water partition coefficient (Wildman–Crippen LogP) is 3.06. The van der Waals surface area contributed by atoms with Crippen molar-refractivity contribution in [2.45, 2.75) is 39.7 Å². The Morgan fingerprint density at radius 2 is 2.07 bits per heavy atom. The average molecular weight is 209 g/mol. The minimum absolute atomic E-state index is 0.137. The number of likely N-dealkylation sites (N-methyl/N-ethyl adjacent to an activating group) is 1. The van der Waals surface area contributed by atoms with E-state index in [-0.39, 0.29) is 5.82 Å². The first-order valence-corrected chi connectivity index (χ1v) is 5.65. The molecule has 2 heteroatoms. The normalized spacial score (nSPS) is 12.8. The predicted molar refractivity (Wildman–Crippen MR) is 62.6 cm³/mol. The van der Waals surface area contributed by atoms with E-state index in [1.165, 1.54) is 11.6 Å². The molecular weight excluding hydrogens is 189 g/mol. The minimum Gasteiger partial charge on any atom is -0.314 e. The Morgan fingerprint density at radius 3 is 2.67 bits per heavy atom. The quantitative estimate of drug-likeness (QED) is 0.786. The van der Waals surface area contributed by atoms with E-state index in [1.54, 1.807) is 6.07 Å². The van der Waals surface area contributed by atoms with Crippen LogP contribution < -0.4 is 5.32 Å². The lowest BCUT2D eigenvalue weighted by molar-refractivity contribution is 0.507. The Labute approximate surface area is 91.7 Å². The molecule has 1 unspecified atom stereocenters. The molecule has 1 rings (SSSR count). The van der Waals surface area contributed by atoms with Crippen molar-refractivity contribution in [3.8, 4) is 0 Å².